The number of fused-ring (bicyclic) bond motifs is 1. The molecular weight excluding hydrogens is 266 g/mol. The summed E-state index contributed by atoms with van der Waals surface area (Å²) in [6.07, 6.45) is 0.947. The highest BCUT2D eigenvalue weighted by Gasteiger charge is 2.11. The molecule has 2 N–H and O–H groups in total. The quantitative estimate of drug-likeness (QED) is 0.812. The summed E-state index contributed by atoms with van der Waals surface area (Å²) in [4.78, 5) is 4.52. The lowest BCUT2D eigenvalue weighted by molar-refractivity contribution is 1.38. The van der Waals surface area contributed by atoms with Crippen LogP contribution in [0.15, 0.2) is 53.5 Å². The van der Waals surface area contributed by atoms with Crippen LogP contribution in [0.2, 0.25) is 0 Å². The van der Waals surface area contributed by atoms with Crippen LogP contribution in [-0.2, 0) is 6.42 Å². The molecule has 4 heteroatoms. The molecule has 0 saturated heterocycles. The van der Waals surface area contributed by atoms with E-state index in [1.165, 1.54) is 5.56 Å². The highest BCUT2D eigenvalue weighted by molar-refractivity contribution is 7.80. The van der Waals surface area contributed by atoms with Crippen molar-refractivity contribution in [3.63, 3.8) is 0 Å². The number of hydrogen-bond donors (Lipinski definition) is 2. The van der Waals surface area contributed by atoms with Crippen LogP contribution in [0, 0.1) is 0 Å². The lowest BCUT2D eigenvalue weighted by Gasteiger charge is -2.11. The van der Waals surface area contributed by atoms with E-state index in [9.17, 15) is 0 Å². The van der Waals surface area contributed by atoms with E-state index in [1.54, 1.807) is 0 Å². The van der Waals surface area contributed by atoms with Gasteiger partial charge in [0, 0.05) is 23.5 Å². The zero-order valence-corrected chi connectivity index (χ0v) is 12.0. The third-order valence-corrected chi connectivity index (χ3v) is 3.34. The number of nitrogens with one attached hydrogen (secondary N) is 2. The van der Waals surface area contributed by atoms with Gasteiger partial charge in [0.2, 0.25) is 0 Å². The maximum atomic E-state index is 5.31. The molecule has 1 aliphatic rings. The number of rotatable bonds is 2. The van der Waals surface area contributed by atoms with E-state index in [0.29, 0.717) is 5.11 Å². The molecule has 0 bridgehead atoms. The Kier molecular flexibility index (Phi) is 3.48. The minimum Gasteiger partial charge on any atom is -0.332 e. The summed E-state index contributed by atoms with van der Waals surface area (Å²) in [6.45, 7) is 2.05. The predicted molar refractivity (Wildman–Crippen MR) is 89.2 cm³/mol. The molecule has 0 aromatic heterocycles. The Morgan fingerprint density at radius 2 is 1.80 bits per heavy atom. The molecule has 3 nitrogen and oxygen atoms in total. The molecule has 20 heavy (non-hydrogen) atoms. The summed E-state index contributed by atoms with van der Waals surface area (Å²) in [5, 5.41) is 6.92. The van der Waals surface area contributed by atoms with Gasteiger partial charge in [0.1, 0.15) is 0 Å². The van der Waals surface area contributed by atoms with Gasteiger partial charge in [-0.2, -0.15) is 0 Å². The number of hydrogen-bond acceptors (Lipinski definition) is 2. The summed E-state index contributed by atoms with van der Waals surface area (Å²) in [6, 6.07) is 16.0. The molecule has 0 aliphatic carbocycles. The van der Waals surface area contributed by atoms with E-state index >= 15 is 0 Å². The van der Waals surface area contributed by atoms with Crippen LogP contribution >= 0.6 is 12.2 Å². The fourth-order valence-electron chi connectivity index (χ4n) is 2.23. The molecule has 2 aromatic carbocycles. The van der Waals surface area contributed by atoms with Gasteiger partial charge >= 0.3 is 0 Å². The van der Waals surface area contributed by atoms with E-state index in [-0.39, 0.29) is 0 Å². The van der Waals surface area contributed by atoms with Gasteiger partial charge in [-0.1, -0.05) is 24.3 Å². The number of nitrogens with zero attached hydrogens (tertiary/aromatic N) is 1. The molecule has 0 radical (unpaired) electrons. The molecule has 1 heterocycles. The first-order chi connectivity index (χ1) is 9.70. The largest absolute Gasteiger partial charge is 0.332 e. The molecule has 0 amide bonds. The van der Waals surface area contributed by atoms with Crippen molar-refractivity contribution in [2.75, 3.05) is 10.6 Å². The van der Waals surface area contributed by atoms with Gasteiger partial charge in [0.25, 0.3) is 0 Å². The van der Waals surface area contributed by atoms with Gasteiger partial charge in [-0.3, -0.25) is 4.99 Å². The Hall–Kier alpha value is -2.20. The molecule has 100 valence electrons. The minimum atomic E-state index is 0.579. The monoisotopic (exact) mass is 281 g/mol. The molecule has 3 rings (SSSR count). The molecule has 1 aliphatic heterocycles. The zero-order chi connectivity index (χ0) is 13.9. The maximum absolute atomic E-state index is 5.31. The van der Waals surface area contributed by atoms with E-state index in [1.807, 2.05) is 42.5 Å². The lowest BCUT2D eigenvalue weighted by atomic mass is 10.1. The van der Waals surface area contributed by atoms with E-state index in [0.717, 1.165) is 29.2 Å². The SMILES string of the molecule is CC1=Nc2cc(NC(=S)Nc3ccccc3)ccc2C1. The standard InChI is InChI=1S/C16H15N3S/c1-11-9-12-7-8-14(10-15(12)17-11)19-16(20)18-13-5-3-2-4-6-13/h2-8,10H,9H2,1H3,(H2,18,19,20). The maximum Gasteiger partial charge on any atom is 0.175 e. The van der Waals surface area contributed by atoms with E-state index < -0.39 is 0 Å². The second-order valence-corrected chi connectivity index (χ2v) is 5.22. The van der Waals surface area contributed by atoms with Crippen molar-refractivity contribution < 1.29 is 0 Å². The van der Waals surface area contributed by atoms with Crippen molar-refractivity contribution in [1.29, 1.82) is 0 Å². The average molecular weight is 281 g/mol. The summed E-state index contributed by atoms with van der Waals surface area (Å²) in [5.41, 5.74) is 5.39. The summed E-state index contributed by atoms with van der Waals surface area (Å²) >= 11 is 5.31. The predicted octanol–water partition coefficient (Wildman–Crippen LogP) is 4.14. The highest BCUT2D eigenvalue weighted by atomic mass is 32.1. The number of para-hydroxylation sites is 1. The van der Waals surface area contributed by atoms with Gasteiger partial charge in [-0.15, -0.1) is 0 Å². The molecule has 0 fully saturated rings. The summed E-state index contributed by atoms with van der Waals surface area (Å²) in [5.74, 6) is 0. The van der Waals surface area contributed by atoms with Crippen molar-refractivity contribution >= 4 is 40.1 Å². The van der Waals surface area contributed by atoms with Crippen LogP contribution in [-0.4, -0.2) is 10.8 Å². The fourth-order valence-corrected chi connectivity index (χ4v) is 2.47. The zero-order valence-electron chi connectivity index (χ0n) is 11.2. The Balaban J connectivity index is 1.69. The number of benzene rings is 2. The highest BCUT2D eigenvalue weighted by Crippen LogP contribution is 2.29. The third kappa shape index (κ3) is 2.86. The first-order valence-electron chi connectivity index (χ1n) is 6.51. The number of thiocarbonyl (C=S) groups is 1. The molecule has 2 aromatic rings. The summed E-state index contributed by atoms with van der Waals surface area (Å²) < 4.78 is 0. The summed E-state index contributed by atoms with van der Waals surface area (Å²) in [7, 11) is 0. The fraction of sp³-hybridized carbons (Fsp3) is 0.125. The van der Waals surface area contributed by atoms with E-state index in [4.69, 9.17) is 12.2 Å². The number of anilines is 2. The first kappa shape index (κ1) is 12.8. The lowest BCUT2D eigenvalue weighted by Crippen LogP contribution is -2.18. The van der Waals surface area contributed by atoms with E-state index in [2.05, 4.69) is 28.6 Å². The molecule has 0 spiro atoms. The van der Waals surface area contributed by atoms with Crippen molar-refractivity contribution in [3.05, 3.63) is 54.1 Å². The van der Waals surface area contributed by atoms with Crippen LogP contribution in [0.5, 0.6) is 0 Å². The van der Waals surface area contributed by atoms with Gasteiger partial charge < -0.3 is 10.6 Å². The topological polar surface area (TPSA) is 36.4 Å². The Labute approximate surface area is 123 Å². The first-order valence-corrected chi connectivity index (χ1v) is 6.92. The van der Waals surface area contributed by atoms with Crippen LogP contribution in [0.25, 0.3) is 0 Å². The number of aliphatic imine (C=N–C) groups is 1. The van der Waals surface area contributed by atoms with Crippen LogP contribution in [0.4, 0.5) is 17.1 Å². The van der Waals surface area contributed by atoms with Crippen molar-refractivity contribution in [2.24, 2.45) is 4.99 Å². The Bertz CT molecular complexity index is 677. The van der Waals surface area contributed by atoms with Gasteiger partial charge in [-0.25, -0.2) is 0 Å². The molecule has 0 saturated carbocycles. The van der Waals surface area contributed by atoms with Crippen molar-refractivity contribution in [1.82, 2.24) is 0 Å². The molecule has 0 atom stereocenters. The Morgan fingerprint density at radius 3 is 2.60 bits per heavy atom. The van der Waals surface area contributed by atoms with Crippen molar-refractivity contribution in [2.45, 2.75) is 13.3 Å². The van der Waals surface area contributed by atoms with Crippen LogP contribution in [0.3, 0.4) is 0 Å². The smallest absolute Gasteiger partial charge is 0.175 e. The second kappa shape index (κ2) is 5.43. The van der Waals surface area contributed by atoms with Gasteiger partial charge in [-0.05, 0) is 49.0 Å². The van der Waals surface area contributed by atoms with Crippen molar-refractivity contribution in [3.8, 4) is 0 Å². The minimum absolute atomic E-state index is 0.579. The third-order valence-electron chi connectivity index (χ3n) is 3.13. The normalized spacial score (nSPS) is 12.6. The second-order valence-electron chi connectivity index (χ2n) is 4.81. The molecule has 0 unspecified atom stereocenters. The average Bonchev–Trinajstić information content (AvgIpc) is 2.79. The Morgan fingerprint density at radius 1 is 1.05 bits per heavy atom. The van der Waals surface area contributed by atoms with Gasteiger partial charge in [0.15, 0.2) is 5.11 Å². The van der Waals surface area contributed by atoms with Crippen LogP contribution in [0.1, 0.15) is 12.5 Å². The molecular formula is C16H15N3S. The van der Waals surface area contributed by atoms with Gasteiger partial charge in [0.05, 0.1) is 5.69 Å². The van der Waals surface area contributed by atoms with Crippen LogP contribution < -0.4 is 10.6 Å².